The molecule has 3 aliphatic rings. The van der Waals surface area contributed by atoms with Gasteiger partial charge in [-0.1, -0.05) is 12.0 Å². The van der Waals surface area contributed by atoms with E-state index >= 15 is 4.39 Å². The van der Waals surface area contributed by atoms with Gasteiger partial charge in [0.25, 0.3) is 0 Å². The number of aromatic hydroxyl groups is 1. The number of phenolic OH excluding ortho intramolecular Hbond substituents is 1. The Labute approximate surface area is 245 Å². The van der Waals surface area contributed by atoms with Gasteiger partial charge in [-0.3, -0.25) is 9.88 Å². The van der Waals surface area contributed by atoms with E-state index in [4.69, 9.17) is 11.2 Å². The van der Waals surface area contributed by atoms with Crippen molar-refractivity contribution in [3.63, 3.8) is 0 Å². The van der Waals surface area contributed by atoms with Crippen LogP contribution in [-0.4, -0.2) is 75.6 Å². The third-order valence-corrected chi connectivity index (χ3v) is 8.91. The molecule has 4 heterocycles. The van der Waals surface area contributed by atoms with E-state index in [0.29, 0.717) is 24.2 Å². The summed E-state index contributed by atoms with van der Waals surface area (Å²) < 4.78 is 65.5. The average Bonchev–Trinajstić information content (AvgIpc) is 3.68. The number of ether oxygens (including phenoxy) is 1. The van der Waals surface area contributed by atoms with Crippen molar-refractivity contribution >= 4 is 27.5 Å². The molecule has 2 atom stereocenters. The second-order valence-corrected chi connectivity index (χ2v) is 11.6. The molecule has 0 bridgehead atoms. The summed E-state index contributed by atoms with van der Waals surface area (Å²) in [7, 11) is 0. The summed E-state index contributed by atoms with van der Waals surface area (Å²) in [5.74, 6) is 0.918. The number of aromatic nitrogens is 3. The first-order valence-electron chi connectivity index (χ1n) is 14.4. The number of hydrogen-bond acceptors (Lipinski definition) is 7. The first-order chi connectivity index (χ1) is 20.8. The number of alkyl halides is 2. The van der Waals surface area contributed by atoms with Gasteiger partial charge in [-0.15, -0.1) is 6.42 Å². The molecular weight excluding hydrogens is 562 g/mol. The van der Waals surface area contributed by atoms with Gasteiger partial charge in [-0.25, -0.2) is 17.6 Å². The van der Waals surface area contributed by atoms with Gasteiger partial charge in [0, 0.05) is 42.7 Å². The Morgan fingerprint density at radius 3 is 2.81 bits per heavy atom. The van der Waals surface area contributed by atoms with Gasteiger partial charge in [-0.05, 0) is 55.8 Å². The third kappa shape index (κ3) is 4.68. The van der Waals surface area contributed by atoms with E-state index in [2.05, 4.69) is 25.8 Å². The van der Waals surface area contributed by atoms with E-state index in [-0.39, 0.29) is 64.1 Å². The van der Waals surface area contributed by atoms with Gasteiger partial charge < -0.3 is 14.7 Å². The molecular formula is C32H29F4N5O2. The minimum absolute atomic E-state index is 0.0339. The molecule has 1 saturated carbocycles. The van der Waals surface area contributed by atoms with Crippen molar-refractivity contribution in [2.45, 2.75) is 49.9 Å². The number of nitrogens with zero attached hydrogens (tertiary/aromatic N) is 5. The zero-order valence-corrected chi connectivity index (χ0v) is 23.3. The van der Waals surface area contributed by atoms with E-state index in [1.165, 1.54) is 30.5 Å². The molecule has 7 nitrogen and oxygen atoms in total. The molecule has 2 aromatic carbocycles. The summed E-state index contributed by atoms with van der Waals surface area (Å²) in [5, 5.41) is 11.3. The summed E-state index contributed by atoms with van der Waals surface area (Å²) in [4.78, 5) is 17.3. The van der Waals surface area contributed by atoms with Crippen molar-refractivity contribution in [1.82, 2.24) is 19.9 Å². The summed E-state index contributed by atoms with van der Waals surface area (Å²) in [6, 6.07) is 5.24. The van der Waals surface area contributed by atoms with Crippen LogP contribution in [0.2, 0.25) is 0 Å². The Bertz CT molecular complexity index is 1790. The fourth-order valence-corrected chi connectivity index (χ4v) is 6.83. The van der Waals surface area contributed by atoms with Crippen LogP contribution in [0.1, 0.15) is 37.7 Å². The topological polar surface area (TPSA) is 74.6 Å². The number of phenols is 1. The van der Waals surface area contributed by atoms with Crippen LogP contribution >= 0.6 is 0 Å². The fraction of sp³-hybridized carbons (Fsp3) is 0.406. The van der Waals surface area contributed by atoms with Gasteiger partial charge in [0.2, 0.25) is 0 Å². The minimum Gasteiger partial charge on any atom is -0.508 e. The van der Waals surface area contributed by atoms with Gasteiger partial charge in [0.15, 0.2) is 5.82 Å². The smallest absolute Gasteiger partial charge is 0.319 e. The number of rotatable bonds is 8. The van der Waals surface area contributed by atoms with E-state index in [1.54, 1.807) is 4.90 Å². The molecule has 0 amide bonds. The Balaban J connectivity index is 1.39. The van der Waals surface area contributed by atoms with Crippen molar-refractivity contribution in [2.24, 2.45) is 0 Å². The number of halogens is 4. The molecule has 1 N–H and O–H groups in total. The van der Waals surface area contributed by atoms with E-state index in [1.807, 2.05) is 0 Å². The van der Waals surface area contributed by atoms with E-state index in [9.17, 15) is 18.3 Å². The minimum atomic E-state index is -0.951. The number of pyridine rings is 1. The summed E-state index contributed by atoms with van der Waals surface area (Å²) in [6.07, 6.45) is 9.77. The number of anilines is 1. The molecule has 3 fully saturated rings. The highest BCUT2D eigenvalue weighted by molar-refractivity contribution is 6.03. The lowest BCUT2D eigenvalue weighted by molar-refractivity contribution is 0.107. The summed E-state index contributed by atoms with van der Waals surface area (Å²) in [6.45, 7) is 0.662. The monoisotopic (exact) mass is 591 g/mol. The molecule has 11 heteroatoms. The maximum absolute atomic E-state index is 16.6. The third-order valence-electron chi connectivity index (χ3n) is 8.91. The van der Waals surface area contributed by atoms with Crippen LogP contribution in [0.3, 0.4) is 0 Å². The van der Waals surface area contributed by atoms with Crippen LogP contribution in [0.25, 0.3) is 32.9 Å². The van der Waals surface area contributed by atoms with Gasteiger partial charge in [-0.2, -0.15) is 9.97 Å². The zero-order chi connectivity index (χ0) is 29.9. The first-order valence-corrected chi connectivity index (χ1v) is 14.4. The molecule has 2 aliphatic heterocycles. The molecule has 4 aromatic rings. The maximum Gasteiger partial charge on any atom is 0.319 e. The largest absolute Gasteiger partial charge is 0.508 e. The zero-order valence-electron chi connectivity index (χ0n) is 23.3. The highest BCUT2D eigenvalue weighted by Gasteiger charge is 2.49. The van der Waals surface area contributed by atoms with Crippen LogP contribution in [0, 0.1) is 24.0 Å². The quantitative estimate of drug-likeness (QED) is 0.208. The molecule has 43 heavy (non-hydrogen) atoms. The van der Waals surface area contributed by atoms with Crippen LogP contribution < -0.4 is 9.64 Å². The summed E-state index contributed by atoms with van der Waals surface area (Å²) >= 11 is 0. The predicted molar refractivity (Wildman–Crippen MR) is 155 cm³/mol. The van der Waals surface area contributed by atoms with Crippen LogP contribution in [-0.2, 0) is 0 Å². The first kappa shape index (κ1) is 27.7. The van der Waals surface area contributed by atoms with Crippen molar-refractivity contribution in [1.29, 1.82) is 0 Å². The van der Waals surface area contributed by atoms with Crippen molar-refractivity contribution in [3.05, 3.63) is 47.7 Å². The second-order valence-electron chi connectivity index (χ2n) is 11.6. The number of fused-ring (bicyclic) bond motifs is 3. The van der Waals surface area contributed by atoms with Gasteiger partial charge >= 0.3 is 6.01 Å². The molecule has 1 aliphatic carbocycles. The molecule has 0 radical (unpaired) electrons. The normalized spacial score (nSPS) is 21.8. The Kier molecular flexibility index (Phi) is 6.77. The van der Waals surface area contributed by atoms with Gasteiger partial charge in [0.05, 0.1) is 16.5 Å². The lowest BCUT2D eigenvalue weighted by Gasteiger charge is -2.31. The van der Waals surface area contributed by atoms with E-state index < -0.39 is 30.0 Å². The van der Waals surface area contributed by atoms with Gasteiger partial charge in [0.1, 0.15) is 48.0 Å². The lowest BCUT2D eigenvalue weighted by Crippen LogP contribution is -2.43. The summed E-state index contributed by atoms with van der Waals surface area (Å²) in [5.41, 5.74) is -0.809. The average molecular weight is 592 g/mol. The highest BCUT2D eigenvalue weighted by atomic mass is 19.1. The Morgan fingerprint density at radius 2 is 2.05 bits per heavy atom. The Hall–Kier alpha value is -4.17. The highest BCUT2D eigenvalue weighted by Crippen LogP contribution is 2.42. The van der Waals surface area contributed by atoms with Crippen LogP contribution in [0.15, 0.2) is 30.5 Å². The lowest BCUT2D eigenvalue weighted by atomic mass is 9.95. The predicted octanol–water partition coefficient (Wildman–Crippen LogP) is 5.70. The number of terminal acetylenes is 1. The maximum atomic E-state index is 16.6. The molecule has 222 valence electrons. The Morgan fingerprint density at radius 1 is 1.21 bits per heavy atom. The molecule has 0 unspecified atom stereocenters. The molecule has 0 spiro atoms. The molecule has 2 saturated heterocycles. The van der Waals surface area contributed by atoms with E-state index in [0.717, 1.165) is 32.2 Å². The molecule has 2 aromatic heterocycles. The standard InChI is InChI=1S/C32H29F4N5O2/c1-2-22-25(35)7-4-18-12-21(42)13-23(26(18)22)28-27(36)29-24(15-37-28)30(41(11-9-33)20-5-6-20)39-31(38-29)43-17-32-8-3-10-40(32)16-19(34)14-32/h1,4,7,12-13,15,19-20,42H,3,5-6,8-11,14,16-17H2/t19-,32+/m1/s1. The molecule has 7 rings (SSSR count). The second kappa shape index (κ2) is 10.5. The number of hydrogen-bond donors (Lipinski definition) is 1. The van der Waals surface area contributed by atoms with Crippen LogP contribution in [0.5, 0.6) is 11.8 Å². The van der Waals surface area contributed by atoms with Crippen molar-refractivity contribution in [3.8, 4) is 35.4 Å². The number of benzene rings is 2. The fourth-order valence-electron chi connectivity index (χ4n) is 6.83. The van der Waals surface area contributed by atoms with Crippen molar-refractivity contribution < 1.29 is 27.4 Å². The van der Waals surface area contributed by atoms with Crippen LogP contribution in [0.4, 0.5) is 23.4 Å². The van der Waals surface area contributed by atoms with Crippen molar-refractivity contribution in [2.75, 3.05) is 37.8 Å². The SMILES string of the molecule is C#Cc1c(F)ccc2cc(O)cc(-c3ncc4c(N(CCF)C5CC5)nc(OC[C@@]56CCCN5C[C@H](F)C6)nc4c3F)c12.